The van der Waals surface area contributed by atoms with Gasteiger partial charge in [-0.1, -0.05) is 13.8 Å². The van der Waals surface area contributed by atoms with E-state index < -0.39 is 11.5 Å². The largest absolute Gasteiger partial charge is 0.480 e. The van der Waals surface area contributed by atoms with Gasteiger partial charge in [0.15, 0.2) is 0 Å². The number of nitrogens with one attached hydrogen (secondary N) is 1. The van der Waals surface area contributed by atoms with Crippen LogP contribution in [0.15, 0.2) is 0 Å². The fourth-order valence-electron chi connectivity index (χ4n) is 1.41. The highest BCUT2D eigenvalue weighted by molar-refractivity contribution is 5.78. The van der Waals surface area contributed by atoms with Gasteiger partial charge in [0, 0.05) is 6.54 Å². The first-order chi connectivity index (χ1) is 7.92. The zero-order valence-corrected chi connectivity index (χ0v) is 11.0. The monoisotopic (exact) mass is 247 g/mol. The second-order valence-corrected chi connectivity index (χ2v) is 4.83. The van der Waals surface area contributed by atoms with Gasteiger partial charge in [0.05, 0.1) is 19.8 Å². The summed E-state index contributed by atoms with van der Waals surface area (Å²) in [5.74, 6) is -0.346. The Morgan fingerprint density at radius 3 is 2.53 bits per heavy atom. The van der Waals surface area contributed by atoms with Crippen LogP contribution in [0.5, 0.6) is 0 Å². The Morgan fingerprint density at radius 2 is 2.06 bits per heavy atom. The predicted molar refractivity (Wildman–Crippen MR) is 66.0 cm³/mol. The summed E-state index contributed by atoms with van der Waals surface area (Å²) >= 11 is 0. The highest BCUT2D eigenvalue weighted by atomic mass is 16.5. The Hall–Kier alpha value is -0.650. The zero-order valence-electron chi connectivity index (χ0n) is 11.0. The number of aliphatic hydroxyl groups excluding tert-OH is 1. The molecular weight excluding hydrogens is 222 g/mol. The van der Waals surface area contributed by atoms with Crippen molar-refractivity contribution in [2.45, 2.75) is 39.2 Å². The van der Waals surface area contributed by atoms with E-state index in [0.717, 1.165) is 6.42 Å². The van der Waals surface area contributed by atoms with Crippen molar-refractivity contribution in [2.75, 3.05) is 26.4 Å². The van der Waals surface area contributed by atoms with Crippen molar-refractivity contribution in [1.82, 2.24) is 5.32 Å². The highest BCUT2D eigenvalue weighted by Gasteiger charge is 2.31. The first kappa shape index (κ1) is 16.4. The quantitative estimate of drug-likeness (QED) is 0.499. The summed E-state index contributed by atoms with van der Waals surface area (Å²) < 4.78 is 5.08. The van der Waals surface area contributed by atoms with Crippen molar-refractivity contribution in [2.24, 2.45) is 5.92 Å². The number of carboxylic acids is 1. The Labute approximate surface area is 103 Å². The summed E-state index contributed by atoms with van der Waals surface area (Å²) in [6.07, 6.45) is 1.47. The van der Waals surface area contributed by atoms with Gasteiger partial charge in [-0.25, -0.2) is 0 Å². The fraction of sp³-hybridized carbons (Fsp3) is 0.917. The Balaban J connectivity index is 3.99. The third kappa shape index (κ3) is 7.31. The van der Waals surface area contributed by atoms with Gasteiger partial charge in [0.1, 0.15) is 5.54 Å². The maximum atomic E-state index is 11.2. The van der Waals surface area contributed by atoms with Crippen molar-refractivity contribution in [3.63, 3.8) is 0 Å². The zero-order chi connectivity index (χ0) is 13.3. The van der Waals surface area contributed by atoms with Gasteiger partial charge in [0.25, 0.3) is 0 Å². The molecule has 1 atom stereocenters. The van der Waals surface area contributed by atoms with Gasteiger partial charge in [-0.2, -0.15) is 0 Å². The van der Waals surface area contributed by atoms with E-state index in [4.69, 9.17) is 9.84 Å². The Morgan fingerprint density at radius 1 is 1.41 bits per heavy atom. The Kier molecular flexibility index (Phi) is 8.12. The lowest BCUT2D eigenvalue weighted by Crippen LogP contribution is -2.50. The summed E-state index contributed by atoms with van der Waals surface area (Å²) in [5, 5.41) is 20.7. The van der Waals surface area contributed by atoms with Gasteiger partial charge < -0.3 is 14.9 Å². The van der Waals surface area contributed by atoms with Gasteiger partial charge in [-0.05, 0) is 25.7 Å². The molecular formula is C12H25NO4. The molecule has 0 aromatic heterocycles. The van der Waals surface area contributed by atoms with E-state index in [2.05, 4.69) is 19.2 Å². The molecule has 5 nitrogen and oxygen atoms in total. The number of hydrogen-bond donors (Lipinski definition) is 3. The normalized spacial score (nSPS) is 14.9. The molecule has 0 rings (SSSR count). The molecule has 17 heavy (non-hydrogen) atoms. The van der Waals surface area contributed by atoms with Crippen LogP contribution in [0.3, 0.4) is 0 Å². The fourth-order valence-corrected chi connectivity index (χ4v) is 1.41. The predicted octanol–water partition coefficient (Wildman–Crippen LogP) is 0.864. The van der Waals surface area contributed by atoms with E-state index in [9.17, 15) is 9.90 Å². The van der Waals surface area contributed by atoms with Crippen LogP contribution < -0.4 is 5.32 Å². The smallest absolute Gasteiger partial charge is 0.323 e. The number of ether oxygens (including phenoxy) is 1. The van der Waals surface area contributed by atoms with Crippen LogP contribution in [-0.4, -0.2) is 48.1 Å². The number of aliphatic carboxylic acids is 1. The molecule has 0 heterocycles. The molecule has 5 heteroatoms. The third-order valence-electron chi connectivity index (χ3n) is 2.69. The van der Waals surface area contributed by atoms with Crippen molar-refractivity contribution in [1.29, 1.82) is 0 Å². The standard InChI is InChI=1S/C12H25NO4/c1-10(2)4-5-12(3,11(15)16)13-6-8-17-9-7-14/h10,13-14H,4-9H2,1-3H3,(H,15,16). The van der Waals surface area contributed by atoms with Gasteiger partial charge in [-0.3, -0.25) is 10.1 Å². The molecule has 0 spiro atoms. The summed E-state index contributed by atoms with van der Waals surface area (Å²) in [5.41, 5.74) is -0.896. The maximum absolute atomic E-state index is 11.2. The SMILES string of the molecule is CC(C)CCC(C)(NCCOCCO)C(=O)O. The van der Waals surface area contributed by atoms with Gasteiger partial charge in [-0.15, -0.1) is 0 Å². The molecule has 3 N–H and O–H groups in total. The highest BCUT2D eigenvalue weighted by Crippen LogP contribution is 2.16. The molecule has 0 aromatic rings. The summed E-state index contributed by atoms with van der Waals surface area (Å²) in [6, 6.07) is 0. The second kappa shape index (κ2) is 8.44. The van der Waals surface area contributed by atoms with Crippen molar-refractivity contribution >= 4 is 5.97 Å². The molecule has 0 aliphatic carbocycles. The minimum atomic E-state index is -0.896. The average molecular weight is 247 g/mol. The minimum Gasteiger partial charge on any atom is -0.480 e. The topological polar surface area (TPSA) is 78.8 Å². The molecule has 1 unspecified atom stereocenters. The average Bonchev–Trinajstić information content (AvgIpc) is 2.26. The van der Waals surface area contributed by atoms with Gasteiger partial charge in [0.2, 0.25) is 0 Å². The molecule has 0 saturated carbocycles. The maximum Gasteiger partial charge on any atom is 0.323 e. The van der Waals surface area contributed by atoms with E-state index in [1.807, 2.05) is 0 Å². The van der Waals surface area contributed by atoms with Crippen LogP contribution in [0.25, 0.3) is 0 Å². The van der Waals surface area contributed by atoms with Crippen molar-refractivity contribution in [3.8, 4) is 0 Å². The molecule has 0 aliphatic heterocycles. The molecule has 102 valence electrons. The number of hydrogen-bond acceptors (Lipinski definition) is 4. The number of carbonyl (C=O) groups is 1. The van der Waals surface area contributed by atoms with Crippen LogP contribution in [0, 0.1) is 5.92 Å². The molecule has 0 fully saturated rings. The lowest BCUT2D eigenvalue weighted by molar-refractivity contribution is -0.144. The second-order valence-electron chi connectivity index (χ2n) is 4.83. The molecule has 0 radical (unpaired) electrons. The molecule has 0 bridgehead atoms. The molecule has 0 aromatic carbocycles. The summed E-state index contributed by atoms with van der Waals surface area (Å²) in [4.78, 5) is 11.2. The summed E-state index contributed by atoms with van der Waals surface area (Å²) in [6.45, 7) is 7.01. The molecule has 0 amide bonds. The first-order valence-electron chi connectivity index (χ1n) is 6.09. The van der Waals surface area contributed by atoms with Crippen LogP contribution in [0.1, 0.15) is 33.6 Å². The van der Waals surface area contributed by atoms with Crippen LogP contribution in [-0.2, 0) is 9.53 Å². The van der Waals surface area contributed by atoms with Crippen LogP contribution in [0.4, 0.5) is 0 Å². The molecule has 0 saturated heterocycles. The number of carboxylic acid groups (broad SMARTS) is 1. The number of rotatable bonds is 10. The van der Waals surface area contributed by atoms with E-state index in [0.29, 0.717) is 25.5 Å². The van der Waals surface area contributed by atoms with Gasteiger partial charge >= 0.3 is 5.97 Å². The van der Waals surface area contributed by atoms with E-state index in [1.54, 1.807) is 6.92 Å². The lowest BCUT2D eigenvalue weighted by atomic mass is 9.92. The van der Waals surface area contributed by atoms with Crippen molar-refractivity contribution in [3.05, 3.63) is 0 Å². The first-order valence-corrected chi connectivity index (χ1v) is 6.09. The van der Waals surface area contributed by atoms with E-state index >= 15 is 0 Å². The third-order valence-corrected chi connectivity index (χ3v) is 2.69. The lowest BCUT2D eigenvalue weighted by Gasteiger charge is -2.27. The van der Waals surface area contributed by atoms with Crippen LogP contribution >= 0.6 is 0 Å². The van der Waals surface area contributed by atoms with Crippen molar-refractivity contribution < 1.29 is 19.7 Å². The molecule has 0 aliphatic rings. The minimum absolute atomic E-state index is 0.0104. The summed E-state index contributed by atoms with van der Waals surface area (Å²) in [7, 11) is 0. The Bertz CT molecular complexity index is 221. The van der Waals surface area contributed by atoms with E-state index in [-0.39, 0.29) is 13.2 Å². The van der Waals surface area contributed by atoms with Crippen LogP contribution in [0.2, 0.25) is 0 Å². The van der Waals surface area contributed by atoms with E-state index in [1.165, 1.54) is 0 Å². The number of aliphatic hydroxyl groups is 1.